The van der Waals surface area contributed by atoms with E-state index in [0.717, 1.165) is 99.2 Å². The van der Waals surface area contributed by atoms with E-state index in [1.807, 2.05) is 24.3 Å². The average molecular weight is 642 g/mol. The Morgan fingerprint density at radius 3 is 1.86 bits per heavy atom. The highest BCUT2D eigenvalue weighted by Crippen LogP contribution is 2.49. The predicted octanol–water partition coefficient (Wildman–Crippen LogP) is 13.7. The minimum Gasteiger partial charge on any atom is -0.456 e. The molecular formula is C46H27NO3. The highest BCUT2D eigenvalue weighted by atomic mass is 16.3. The van der Waals surface area contributed by atoms with Crippen LogP contribution in [0, 0.1) is 0 Å². The normalized spacial score (nSPS) is 12.0. The Balaban J connectivity index is 1.23. The fourth-order valence-corrected chi connectivity index (χ4v) is 7.78. The molecule has 0 aliphatic carbocycles. The van der Waals surface area contributed by atoms with Gasteiger partial charge in [-0.25, -0.2) is 0 Å². The molecule has 3 heterocycles. The lowest BCUT2D eigenvalue weighted by Crippen LogP contribution is -2.10. The van der Waals surface area contributed by atoms with E-state index in [1.165, 1.54) is 5.56 Å². The van der Waals surface area contributed by atoms with E-state index in [-0.39, 0.29) is 0 Å². The molecule has 3 aromatic heterocycles. The maximum Gasteiger partial charge on any atom is 0.159 e. The quantitative estimate of drug-likeness (QED) is 0.192. The van der Waals surface area contributed by atoms with Gasteiger partial charge >= 0.3 is 0 Å². The minimum absolute atomic E-state index is 0.784. The fraction of sp³-hybridized carbons (Fsp3) is 0. The van der Waals surface area contributed by atoms with Gasteiger partial charge in [-0.3, -0.25) is 0 Å². The van der Waals surface area contributed by atoms with Gasteiger partial charge in [0.15, 0.2) is 5.58 Å². The highest BCUT2D eigenvalue weighted by Gasteiger charge is 2.25. The molecule has 0 aliphatic heterocycles. The first-order valence-corrected chi connectivity index (χ1v) is 16.8. The van der Waals surface area contributed by atoms with Gasteiger partial charge in [0.05, 0.1) is 22.1 Å². The van der Waals surface area contributed by atoms with Crippen LogP contribution in [0.15, 0.2) is 177 Å². The zero-order valence-electron chi connectivity index (χ0n) is 26.8. The first kappa shape index (κ1) is 27.2. The van der Waals surface area contributed by atoms with Gasteiger partial charge in [0.25, 0.3) is 0 Å². The van der Waals surface area contributed by atoms with Crippen molar-refractivity contribution in [3.8, 4) is 11.1 Å². The molecule has 0 N–H and O–H groups in total. The van der Waals surface area contributed by atoms with Gasteiger partial charge in [0, 0.05) is 32.6 Å². The van der Waals surface area contributed by atoms with E-state index in [4.69, 9.17) is 13.3 Å². The first-order chi connectivity index (χ1) is 24.8. The number of fused-ring (bicyclic) bond motifs is 12. The second-order valence-corrected chi connectivity index (χ2v) is 12.8. The van der Waals surface area contributed by atoms with Crippen molar-refractivity contribution in [3.05, 3.63) is 164 Å². The maximum atomic E-state index is 6.92. The first-order valence-electron chi connectivity index (χ1n) is 16.8. The average Bonchev–Trinajstić information content (AvgIpc) is 3.87. The largest absolute Gasteiger partial charge is 0.456 e. The summed E-state index contributed by atoms with van der Waals surface area (Å²) < 4.78 is 20.1. The molecular weight excluding hydrogens is 615 g/mol. The number of furan rings is 3. The van der Waals surface area contributed by atoms with Crippen LogP contribution in [0.25, 0.3) is 87.7 Å². The van der Waals surface area contributed by atoms with Crippen LogP contribution in [0.5, 0.6) is 0 Å². The van der Waals surface area contributed by atoms with Crippen LogP contribution in [0.2, 0.25) is 0 Å². The standard InChI is InChI=1S/C46H27NO3/c1-2-10-28(11-3-1)29-20-23-31(24-21-29)47(38-17-8-15-34-36-25-22-30-12-4-5-13-32(30)44(36)50-45(34)38)37-16-9-19-40-42(37)43-41(48-40)27-26-35-33-14-6-7-18-39(33)49-46(35)43/h1-27H. The molecule has 0 aliphatic rings. The fourth-order valence-electron chi connectivity index (χ4n) is 7.78. The molecule has 0 saturated heterocycles. The molecule has 8 aromatic carbocycles. The van der Waals surface area contributed by atoms with Crippen molar-refractivity contribution >= 4 is 93.7 Å². The highest BCUT2D eigenvalue weighted by molar-refractivity contribution is 6.26. The van der Waals surface area contributed by atoms with Crippen LogP contribution in [0.4, 0.5) is 17.1 Å². The van der Waals surface area contributed by atoms with Crippen molar-refractivity contribution in [1.29, 1.82) is 0 Å². The van der Waals surface area contributed by atoms with Crippen molar-refractivity contribution in [2.24, 2.45) is 0 Å². The topological polar surface area (TPSA) is 42.7 Å². The van der Waals surface area contributed by atoms with Gasteiger partial charge in [-0.05, 0) is 71.1 Å². The summed E-state index contributed by atoms with van der Waals surface area (Å²) in [6, 6.07) is 57.1. The van der Waals surface area contributed by atoms with Crippen LogP contribution < -0.4 is 4.90 Å². The van der Waals surface area contributed by atoms with Crippen molar-refractivity contribution in [1.82, 2.24) is 0 Å². The summed E-state index contributed by atoms with van der Waals surface area (Å²) >= 11 is 0. The number of benzene rings is 8. The van der Waals surface area contributed by atoms with Crippen molar-refractivity contribution in [2.45, 2.75) is 0 Å². The molecule has 11 rings (SSSR count). The second kappa shape index (κ2) is 10.4. The molecule has 234 valence electrons. The van der Waals surface area contributed by atoms with Gasteiger partial charge < -0.3 is 18.2 Å². The summed E-state index contributed by atoms with van der Waals surface area (Å²) in [5.41, 5.74) is 10.2. The third kappa shape index (κ3) is 3.87. The lowest BCUT2D eigenvalue weighted by Gasteiger charge is -2.26. The number of hydrogen-bond acceptors (Lipinski definition) is 4. The molecule has 50 heavy (non-hydrogen) atoms. The number of rotatable bonds is 4. The zero-order chi connectivity index (χ0) is 32.8. The van der Waals surface area contributed by atoms with Crippen molar-refractivity contribution < 1.29 is 13.3 Å². The molecule has 0 radical (unpaired) electrons. The second-order valence-electron chi connectivity index (χ2n) is 12.8. The molecule has 0 atom stereocenters. The minimum atomic E-state index is 0.784. The predicted molar refractivity (Wildman–Crippen MR) is 206 cm³/mol. The van der Waals surface area contributed by atoms with Crippen molar-refractivity contribution in [2.75, 3.05) is 4.90 Å². The summed E-state index contributed by atoms with van der Waals surface area (Å²) in [6.07, 6.45) is 0. The summed E-state index contributed by atoms with van der Waals surface area (Å²) in [5, 5.41) is 8.50. The number of anilines is 3. The monoisotopic (exact) mass is 641 g/mol. The van der Waals surface area contributed by atoms with E-state index in [0.29, 0.717) is 0 Å². The van der Waals surface area contributed by atoms with Crippen LogP contribution in [-0.4, -0.2) is 0 Å². The summed E-state index contributed by atoms with van der Waals surface area (Å²) in [5.74, 6) is 0. The maximum absolute atomic E-state index is 6.92. The number of para-hydroxylation sites is 2. The SMILES string of the molecule is c1ccc(-c2ccc(N(c3cccc4c3oc3c5ccccc5ccc43)c3cccc4oc5ccc6c7ccccc7oc6c5c34)cc2)cc1. The Morgan fingerprint density at radius 2 is 0.960 bits per heavy atom. The van der Waals surface area contributed by atoms with Crippen LogP contribution in [0.3, 0.4) is 0 Å². The molecule has 0 saturated carbocycles. The Bertz CT molecular complexity index is 3090. The van der Waals surface area contributed by atoms with E-state index >= 15 is 0 Å². The van der Waals surface area contributed by atoms with Crippen LogP contribution >= 0.6 is 0 Å². The lowest BCUT2D eigenvalue weighted by atomic mass is 10.0. The Kier molecular flexibility index (Phi) is 5.63. The van der Waals surface area contributed by atoms with E-state index in [9.17, 15) is 0 Å². The molecule has 0 amide bonds. The van der Waals surface area contributed by atoms with E-state index < -0.39 is 0 Å². The van der Waals surface area contributed by atoms with Gasteiger partial charge in [-0.1, -0.05) is 109 Å². The lowest BCUT2D eigenvalue weighted by molar-refractivity contribution is 0.662. The van der Waals surface area contributed by atoms with E-state index in [1.54, 1.807) is 0 Å². The van der Waals surface area contributed by atoms with Gasteiger partial charge in [0.1, 0.15) is 27.9 Å². The third-order valence-electron chi connectivity index (χ3n) is 10.1. The molecule has 0 unspecified atom stereocenters. The third-order valence-corrected chi connectivity index (χ3v) is 10.1. The Labute approximate surface area is 286 Å². The van der Waals surface area contributed by atoms with Crippen LogP contribution in [0.1, 0.15) is 0 Å². The smallest absolute Gasteiger partial charge is 0.159 e. The number of hydrogen-bond donors (Lipinski definition) is 0. The van der Waals surface area contributed by atoms with Crippen molar-refractivity contribution in [3.63, 3.8) is 0 Å². The van der Waals surface area contributed by atoms with Gasteiger partial charge in [0.2, 0.25) is 0 Å². The van der Waals surface area contributed by atoms with Gasteiger partial charge in [-0.15, -0.1) is 0 Å². The molecule has 0 fully saturated rings. The molecule has 0 bridgehead atoms. The summed E-state index contributed by atoms with van der Waals surface area (Å²) in [6.45, 7) is 0. The Morgan fingerprint density at radius 1 is 0.320 bits per heavy atom. The summed E-state index contributed by atoms with van der Waals surface area (Å²) in [7, 11) is 0. The number of nitrogens with zero attached hydrogens (tertiary/aromatic N) is 1. The molecule has 4 nitrogen and oxygen atoms in total. The molecule has 4 heteroatoms. The Hall–Kier alpha value is -6.78. The molecule has 0 spiro atoms. The van der Waals surface area contributed by atoms with Gasteiger partial charge in [-0.2, -0.15) is 0 Å². The van der Waals surface area contributed by atoms with E-state index in [2.05, 4.69) is 144 Å². The zero-order valence-corrected chi connectivity index (χ0v) is 26.8. The van der Waals surface area contributed by atoms with Crippen LogP contribution in [-0.2, 0) is 0 Å². The molecule has 11 aromatic rings. The summed E-state index contributed by atoms with van der Waals surface area (Å²) in [4.78, 5) is 2.31.